The van der Waals surface area contributed by atoms with E-state index in [0.717, 1.165) is 131 Å². The molecule has 0 aliphatic rings. The van der Waals surface area contributed by atoms with E-state index in [2.05, 4.69) is 99.6 Å². The molecular weight excluding hydrogens is 1070 g/mol. The van der Waals surface area contributed by atoms with E-state index in [0.29, 0.717) is 29.3 Å². The largest absolute Gasteiger partial charge is 0.618 e. The molecule has 0 radical (unpaired) electrons. The fourth-order valence-electron chi connectivity index (χ4n) is 7.53. The summed E-state index contributed by atoms with van der Waals surface area (Å²) >= 11 is 27.4. The summed E-state index contributed by atoms with van der Waals surface area (Å²) in [6.45, 7) is 5.56. The highest BCUT2D eigenvalue weighted by Gasteiger charge is 2.22. The van der Waals surface area contributed by atoms with Crippen LogP contribution in [-0.2, 0) is 30.5 Å². The van der Waals surface area contributed by atoms with Crippen molar-refractivity contribution in [3.8, 4) is 23.0 Å². The minimum Gasteiger partial charge on any atom is -0.618 e. The van der Waals surface area contributed by atoms with Crippen LogP contribution in [0.3, 0.4) is 0 Å². The van der Waals surface area contributed by atoms with Gasteiger partial charge < -0.3 is 33.3 Å². The van der Waals surface area contributed by atoms with Crippen molar-refractivity contribution in [2.24, 2.45) is 0 Å². The van der Waals surface area contributed by atoms with Crippen LogP contribution in [-0.4, -0.2) is 52.5 Å². The van der Waals surface area contributed by atoms with E-state index in [1.54, 1.807) is 34.6 Å². The Morgan fingerprint density at radius 1 is 0.662 bits per heavy atom. The number of pyridine rings is 2. The maximum absolute atomic E-state index is 12.6. The normalized spacial score (nSPS) is 11.4. The van der Waals surface area contributed by atoms with Gasteiger partial charge in [-0.15, -0.1) is 0 Å². The summed E-state index contributed by atoms with van der Waals surface area (Å²) < 4.78 is 38.6. The van der Waals surface area contributed by atoms with E-state index in [4.69, 9.17) is 40.5 Å². The van der Waals surface area contributed by atoms with Crippen LogP contribution in [0.2, 0.25) is 5.15 Å². The van der Waals surface area contributed by atoms with Crippen LogP contribution in [0.5, 0.6) is 23.0 Å². The van der Waals surface area contributed by atoms with Crippen molar-refractivity contribution in [3.05, 3.63) is 121 Å². The lowest BCUT2D eigenvalue weighted by Gasteiger charge is -2.14. The lowest BCUT2D eigenvalue weighted by atomic mass is 10.1. The second kappa shape index (κ2) is 22.7. The Labute approximate surface area is 413 Å². The number of fused-ring (bicyclic) bond motifs is 6. The first kappa shape index (κ1) is 50.4. The molecule has 8 aromatic rings. The average Bonchev–Trinajstić information content (AvgIpc) is 3.82. The Morgan fingerprint density at radius 3 is 1.69 bits per heavy atom. The molecule has 4 aromatic carbocycles. The van der Waals surface area contributed by atoms with Gasteiger partial charge in [0.2, 0.25) is 11.7 Å². The zero-order chi connectivity index (χ0) is 47.0. The third kappa shape index (κ3) is 12.3. The molecule has 0 atom stereocenters. The number of aromatic nitrogens is 6. The lowest BCUT2D eigenvalue weighted by molar-refractivity contribution is -0.575. The van der Waals surface area contributed by atoms with Gasteiger partial charge in [0.05, 0.1) is 63.5 Å². The van der Waals surface area contributed by atoms with Crippen LogP contribution in [0, 0.1) is 5.21 Å². The maximum Gasteiger partial charge on any atom is 0.339 e. The van der Waals surface area contributed by atoms with E-state index in [1.165, 1.54) is 0 Å². The molecule has 19 heteroatoms. The summed E-state index contributed by atoms with van der Waals surface area (Å²) in [5, 5.41) is 11.7. The molecular formula is C46H47Br2Cl4N6O6P. The third-order valence-corrected chi connectivity index (χ3v) is 11.8. The van der Waals surface area contributed by atoms with Crippen molar-refractivity contribution in [2.75, 3.05) is 28.4 Å². The monoisotopic (exact) mass is 1110 g/mol. The van der Waals surface area contributed by atoms with Crippen molar-refractivity contribution in [1.82, 2.24) is 24.1 Å². The number of nitrogens with zero attached hydrogens (tertiary/aromatic N) is 6. The Kier molecular flexibility index (Phi) is 17.6. The molecule has 0 aliphatic carbocycles. The molecule has 0 fully saturated rings. The summed E-state index contributed by atoms with van der Waals surface area (Å²) in [4.78, 5) is 14.3. The number of aryl methyl sites for hydroxylation is 2. The first-order valence-electron chi connectivity index (χ1n) is 20.6. The number of hydrogen-bond donors (Lipinski definition) is 0. The first-order valence-corrected chi connectivity index (χ1v) is 26.9. The van der Waals surface area contributed by atoms with Gasteiger partial charge in [-0.05, 0) is 101 Å². The molecule has 344 valence electrons. The van der Waals surface area contributed by atoms with Gasteiger partial charge in [-0.1, -0.05) is 70.1 Å². The average molecular weight is 1110 g/mol. The molecule has 0 spiro atoms. The van der Waals surface area contributed by atoms with E-state index < -0.39 is 5.20 Å². The molecule has 4 aromatic heterocycles. The number of halogens is 6. The number of hydrogen-bond acceptors (Lipinski definition) is 9. The minimum absolute atomic E-state index is 0.425. The van der Waals surface area contributed by atoms with Gasteiger partial charge in [0.25, 0.3) is 0 Å². The van der Waals surface area contributed by atoms with Gasteiger partial charge in [0.15, 0.2) is 10.7 Å². The van der Waals surface area contributed by atoms with Crippen molar-refractivity contribution in [2.45, 2.75) is 65.5 Å². The number of methoxy groups -OCH3 is 4. The highest BCUT2D eigenvalue weighted by atomic mass is 79.9. The Hall–Kier alpha value is -4.01. The molecule has 4 heterocycles. The number of ether oxygens (including phenoxy) is 4. The van der Waals surface area contributed by atoms with Gasteiger partial charge in [0.1, 0.15) is 40.2 Å². The summed E-state index contributed by atoms with van der Waals surface area (Å²) in [5.41, 5.74) is 6.94. The molecule has 0 aliphatic heterocycles. The van der Waals surface area contributed by atoms with Crippen LogP contribution < -0.4 is 23.7 Å². The number of benzene rings is 4. The fraction of sp³-hybridized carbons (Fsp3) is 0.304. The number of unbranched alkanes of at least 4 members (excludes halogenated alkanes) is 2. The minimum atomic E-state index is -3.22. The maximum atomic E-state index is 12.6. The highest BCUT2D eigenvalue weighted by molar-refractivity contribution is 9.10. The topological polar surface area (TPSA) is 129 Å². The van der Waals surface area contributed by atoms with Crippen molar-refractivity contribution < 1.29 is 28.2 Å². The summed E-state index contributed by atoms with van der Waals surface area (Å²) in [5.74, 6) is 5.04. The molecule has 0 saturated carbocycles. The van der Waals surface area contributed by atoms with E-state index in [1.807, 2.05) is 66.7 Å². The zero-order valence-electron chi connectivity index (χ0n) is 36.5. The van der Waals surface area contributed by atoms with E-state index >= 15 is 0 Å². The highest BCUT2D eigenvalue weighted by Crippen LogP contribution is 2.61. The Morgan fingerprint density at radius 2 is 1.17 bits per heavy atom. The second-order valence-electron chi connectivity index (χ2n) is 14.8. The molecule has 65 heavy (non-hydrogen) atoms. The summed E-state index contributed by atoms with van der Waals surface area (Å²) in [6.07, 6.45) is 7.54. The second-order valence-corrected chi connectivity index (χ2v) is 23.6. The predicted octanol–water partition coefficient (Wildman–Crippen LogP) is 14.2. The summed E-state index contributed by atoms with van der Waals surface area (Å²) in [6, 6.07) is 23.6. The number of imidazole rings is 2. The zero-order valence-corrected chi connectivity index (χ0v) is 43.6. The van der Waals surface area contributed by atoms with Crippen LogP contribution in [0.4, 0.5) is 0 Å². The SMILES string of the molecule is CCCCc1nc2c(Cl)nc3cc(Br)ccc3c2n1Cc1ccc(OC)cc1OC.CCCCc1nc2c[n+]([O-])c3cc(Br)ccc3c2n1Cc1ccc(OC)cc1OC.O=P(Cl)(Cl)Cl. The van der Waals surface area contributed by atoms with Gasteiger partial charge >= 0.3 is 5.20 Å². The van der Waals surface area contributed by atoms with Gasteiger partial charge in [-0.3, -0.25) is 4.57 Å². The lowest BCUT2D eigenvalue weighted by Crippen LogP contribution is -2.26. The standard InChI is InChI=1S/C23H23BrClN3O2.C23H24BrN3O3.Cl3OP/c1-4-5-6-20-27-21-22(17-10-8-15(24)11-18(17)26-23(21)25)28(20)13-14-7-9-16(29-2)12-19(14)30-3;1-4-5-6-22-25-19-14-27(28)20-11-16(24)8-10-18(20)23(19)26(22)13-15-7-9-17(29-2)12-21(15)30-3;1-5(2,3)4/h7-12H,4-6,13H2,1-3H3;7-12,14H,4-6,13H2,1-3H3;. The van der Waals surface area contributed by atoms with Crippen molar-refractivity contribution in [1.29, 1.82) is 0 Å². The van der Waals surface area contributed by atoms with Gasteiger partial charge in [0, 0.05) is 56.5 Å². The van der Waals surface area contributed by atoms with E-state index in [9.17, 15) is 9.77 Å². The van der Waals surface area contributed by atoms with Crippen molar-refractivity contribution >= 4 is 126 Å². The first-order chi connectivity index (χ1) is 31.1. The fourth-order valence-corrected chi connectivity index (χ4v) is 8.45. The molecule has 0 saturated heterocycles. The van der Waals surface area contributed by atoms with Crippen molar-refractivity contribution in [3.63, 3.8) is 0 Å². The van der Waals surface area contributed by atoms with Crippen LogP contribution in [0.15, 0.2) is 87.9 Å². The van der Waals surface area contributed by atoms with E-state index in [-0.39, 0.29) is 0 Å². The summed E-state index contributed by atoms with van der Waals surface area (Å²) in [7, 11) is 6.63. The Balaban J connectivity index is 0.000000195. The van der Waals surface area contributed by atoms with Gasteiger partial charge in [-0.2, -0.15) is 4.73 Å². The molecule has 8 rings (SSSR count). The predicted molar refractivity (Wildman–Crippen MR) is 271 cm³/mol. The molecule has 0 bridgehead atoms. The number of rotatable bonds is 14. The van der Waals surface area contributed by atoms with Crippen LogP contribution in [0.1, 0.15) is 62.3 Å². The Bertz CT molecular complexity index is 3010. The molecule has 0 N–H and O–H groups in total. The van der Waals surface area contributed by atoms with Crippen LogP contribution in [0.25, 0.3) is 43.9 Å². The smallest absolute Gasteiger partial charge is 0.339 e. The molecule has 0 amide bonds. The molecule has 12 nitrogen and oxygen atoms in total. The third-order valence-electron chi connectivity index (χ3n) is 10.6. The van der Waals surface area contributed by atoms with Crippen LogP contribution >= 0.6 is 82.4 Å². The quantitative estimate of drug-likeness (QED) is 0.0452. The van der Waals surface area contributed by atoms with Gasteiger partial charge in [-0.25, -0.2) is 15.0 Å². The molecule has 0 unspecified atom stereocenters.